The third kappa shape index (κ3) is 5.97. The maximum absolute atomic E-state index is 13.4. The molecule has 0 bridgehead atoms. The van der Waals surface area contributed by atoms with E-state index >= 15 is 0 Å². The molecule has 0 unspecified atom stereocenters. The van der Waals surface area contributed by atoms with E-state index in [4.69, 9.17) is 0 Å². The summed E-state index contributed by atoms with van der Waals surface area (Å²) in [6, 6.07) is 22.1. The number of hydrogen-bond donors (Lipinski definition) is 1. The Bertz CT molecular complexity index is 1070. The van der Waals surface area contributed by atoms with Crippen molar-refractivity contribution >= 4 is 22.6 Å². The number of rotatable bonds is 9. The smallest absolute Gasteiger partial charge is 0.242 e. The van der Waals surface area contributed by atoms with Crippen LogP contribution in [-0.4, -0.2) is 28.8 Å². The van der Waals surface area contributed by atoms with Gasteiger partial charge in [0, 0.05) is 19.0 Å². The first kappa shape index (κ1) is 23.5. The van der Waals surface area contributed by atoms with Crippen molar-refractivity contribution in [1.29, 1.82) is 0 Å². The number of nitrogens with zero attached hydrogens (tertiary/aromatic N) is 1. The van der Waals surface area contributed by atoms with Gasteiger partial charge in [-0.15, -0.1) is 0 Å². The van der Waals surface area contributed by atoms with Gasteiger partial charge in [0.1, 0.15) is 6.04 Å². The van der Waals surface area contributed by atoms with Crippen LogP contribution in [0.2, 0.25) is 0 Å². The lowest BCUT2D eigenvalue weighted by Gasteiger charge is -2.30. The fourth-order valence-corrected chi connectivity index (χ4v) is 3.95. The third-order valence-corrected chi connectivity index (χ3v) is 6.09. The van der Waals surface area contributed by atoms with Crippen LogP contribution in [-0.2, 0) is 22.6 Å². The van der Waals surface area contributed by atoms with Gasteiger partial charge in [0.05, 0.1) is 0 Å². The molecule has 0 heterocycles. The number of benzene rings is 3. The van der Waals surface area contributed by atoms with Gasteiger partial charge in [-0.3, -0.25) is 9.59 Å². The summed E-state index contributed by atoms with van der Waals surface area (Å²) in [5.41, 5.74) is 3.33. The fourth-order valence-electron chi connectivity index (χ4n) is 3.95. The first-order chi connectivity index (χ1) is 15.4. The molecule has 3 aromatic carbocycles. The molecule has 1 N–H and O–H groups in total. The average molecular weight is 431 g/mol. The molecule has 0 aliphatic heterocycles. The molecular formula is C28H34N2O2. The Kier molecular flexibility index (Phi) is 8.04. The molecule has 3 aromatic rings. The van der Waals surface area contributed by atoms with Crippen molar-refractivity contribution < 1.29 is 9.59 Å². The first-order valence-corrected chi connectivity index (χ1v) is 11.5. The second-order valence-corrected chi connectivity index (χ2v) is 8.64. The van der Waals surface area contributed by atoms with Crippen LogP contribution >= 0.6 is 0 Å². The van der Waals surface area contributed by atoms with Crippen LogP contribution in [0.15, 0.2) is 66.7 Å². The van der Waals surface area contributed by atoms with Gasteiger partial charge in [-0.2, -0.15) is 0 Å². The summed E-state index contributed by atoms with van der Waals surface area (Å²) in [6.45, 7) is 8.30. The molecular weight excluding hydrogens is 396 g/mol. The fraction of sp³-hybridized carbons (Fsp3) is 0.357. The van der Waals surface area contributed by atoms with Crippen molar-refractivity contribution in [3.8, 4) is 0 Å². The minimum atomic E-state index is -0.537. The summed E-state index contributed by atoms with van der Waals surface area (Å²) < 4.78 is 0. The van der Waals surface area contributed by atoms with Gasteiger partial charge in [0.25, 0.3) is 0 Å². The standard InChI is InChI=1S/C28H34N2O2/c1-5-21(3)29-28(32)22(4)30(19-23-11-8-10-20(2)18-23)27(31)17-16-25-14-9-13-24-12-6-7-15-26(24)25/h6-15,18,21-22H,5,16-17,19H2,1-4H3,(H,29,32)/t21-,22+/m0/s1. The maximum atomic E-state index is 13.4. The van der Waals surface area contributed by atoms with Crippen molar-refractivity contribution in [3.63, 3.8) is 0 Å². The number of hydrogen-bond acceptors (Lipinski definition) is 2. The zero-order valence-corrected chi connectivity index (χ0v) is 19.6. The van der Waals surface area contributed by atoms with E-state index in [0.29, 0.717) is 19.4 Å². The van der Waals surface area contributed by atoms with Gasteiger partial charge in [0.15, 0.2) is 0 Å². The molecule has 0 fully saturated rings. The SMILES string of the molecule is CC[C@H](C)NC(=O)[C@@H](C)N(Cc1cccc(C)c1)C(=O)CCc1cccc2ccccc12. The van der Waals surface area contributed by atoms with Crippen molar-refractivity contribution in [2.24, 2.45) is 0 Å². The summed E-state index contributed by atoms with van der Waals surface area (Å²) in [7, 11) is 0. The number of nitrogens with one attached hydrogen (secondary N) is 1. The minimum Gasteiger partial charge on any atom is -0.352 e. The lowest BCUT2D eigenvalue weighted by atomic mass is 10.0. The average Bonchev–Trinajstić information content (AvgIpc) is 2.80. The maximum Gasteiger partial charge on any atom is 0.242 e. The zero-order valence-electron chi connectivity index (χ0n) is 19.6. The zero-order chi connectivity index (χ0) is 23.1. The van der Waals surface area contributed by atoms with E-state index in [0.717, 1.165) is 23.1 Å². The highest BCUT2D eigenvalue weighted by Gasteiger charge is 2.26. The number of aryl methyl sites for hydroxylation is 2. The molecule has 4 nitrogen and oxygen atoms in total. The molecule has 0 radical (unpaired) electrons. The molecule has 0 saturated carbocycles. The second kappa shape index (κ2) is 10.9. The summed E-state index contributed by atoms with van der Waals surface area (Å²) in [4.78, 5) is 28.0. The van der Waals surface area contributed by atoms with Gasteiger partial charge < -0.3 is 10.2 Å². The van der Waals surface area contributed by atoms with Gasteiger partial charge >= 0.3 is 0 Å². The Morgan fingerprint density at radius 3 is 2.44 bits per heavy atom. The molecule has 32 heavy (non-hydrogen) atoms. The van der Waals surface area contributed by atoms with Crippen LogP contribution in [0, 0.1) is 6.92 Å². The van der Waals surface area contributed by atoms with Crippen LogP contribution in [0.5, 0.6) is 0 Å². The van der Waals surface area contributed by atoms with E-state index in [1.807, 2.05) is 64.1 Å². The van der Waals surface area contributed by atoms with Crippen LogP contribution in [0.4, 0.5) is 0 Å². The van der Waals surface area contributed by atoms with Crippen LogP contribution < -0.4 is 5.32 Å². The number of fused-ring (bicyclic) bond motifs is 1. The molecule has 0 aliphatic rings. The lowest BCUT2D eigenvalue weighted by molar-refractivity contribution is -0.140. The number of carbonyl (C=O) groups excluding carboxylic acids is 2. The van der Waals surface area contributed by atoms with E-state index in [1.54, 1.807) is 4.90 Å². The molecule has 0 saturated heterocycles. The Morgan fingerprint density at radius 2 is 1.69 bits per heavy atom. The van der Waals surface area contributed by atoms with Crippen LogP contribution in [0.1, 0.15) is 50.3 Å². The molecule has 2 atom stereocenters. The summed E-state index contributed by atoms with van der Waals surface area (Å²) >= 11 is 0. The Morgan fingerprint density at radius 1 is 0.969 bits per heavy atom. The Labute approximate surface area is 191 Å². The second-order valence-electron chi connectivity index (χ2n) is 8.64. The highest BCUT2D eigenvalue weighted by atomic mass is 16.2. The normalized spacial score (nSPS) is 12.9. The molecule has 0 aliphatic carbocycles. The predicted molar refractivity (Wildman–Crippen MR) is 131 cm³/mol. The molecule has 168 valence electrons. The van der Waals surface area contributed by atoms with Gasteiger partial charge in [-0.1, -0.05) is 79.2 Å². The Hall–Kier alpha value is -3.14. The quantitative estimate of drug-likeness (QED) is 0.493. The highest BCUT2D eigenvalue weighted by Crippen LogP contribution is 2.21. The molecule has 3 rings (SSSR count). The Balaban J connectivity index is 1.79. The van der Waals surface area contributed by atoms with E-state index < -0.39 is 6.04 Å². The van der Waals surface area contributed by atoms with E-state index in [9.17, 15) is 9.59 Å². The van der Waals surface area contributed by atoms with Gasteiger partial charge in [-0.25, -0.2) is 0 Å². The third-order valence-electron chi connectivity index (χ3n) is 6.09. The van der Waals surface area contributed by atoms with Crippen molar-refractivity contribution in [1.82, 2.24) is 10.2 Å². The summed E-state index contributed by atoms with van der Waals surface area (Å²) in [5, 5.41) is 5.38. The molecule has 2 amide bonds. The van der Waals surface area contributed by atoms with E-state index in [-0.39, 0.29) is 17.9 Å². The van der Waals surface area contributed by atoms with Crippen molar-refractivity contribution in [3.05, 3.63) is 83.4 Å². The topological polar surface area (TPSA) is 49.4 Å². The number of amides is 2. The summed E-state index contributed by atoms with van der Waals surface area (Å²) in [6.07, 6.45) is 1.86. The number of carbonyl (C=O) groups is 2. The highest BCUT2D eigenvalue weighted by molar-refractivity contribution is 5.89. The largest absolute Gasteiger partial charge is 0.352 e. The van der Waals surface area contributed by atoms with Crippen LogP contribution in [0.25, 0.3) is 10.8 Å². The molecule has 0 spiro atoms. The van der Waals surface area contributed by atoms with Crippen LogP contribution in [0.3, 0.4) is 0 Å². The minimum absolute atomic E-state index is 0.00811. The molecule has 4 heteroatoms. The first-order valence-electron chi connectivity index (χ1n) is 11.5. The van der Waals surface area contributed by atoms with E-state index in [1.165, 1.54) is 10.8 Å². The summed E-state index contributed by atoms with van der Waals surface area (Å²) in [5.74, 6) is -0.114. The van der Waals surface area contributed by atoms with Crippen molar-refractivity contribution in [2.75, 3.05) is 0 Å². The monoisotopic (exact) mass is 430 g/mol. The predicted octanol–water partition coefficient (Wildman–Crippen LogP) is 5.41. The van der Waals surface area contributed by atoms with Gasteiger partial charge in [0.2, 0.25) is 11.8 Å². The molecule has 0 aromatic heterocycles. The van der Waals surface area contributed by atoms with Gasteiger partial charge in [-0.05, 0) is 55.5 Å². The van der Waals surface area contributed by atoms with Crippen molar-refractivity contribution in [2.45, 2.75) is 65.6 Å². The van der Waals surface area contributed by atoms with E-state index in [2.05, 4.69) is 35.6 Å². The lowest BCUT2D eigenvalue weighted by Crippen LogP contribution is -2.49.